The predicted octanol–water partition coefficient (Wildman–Crippen LogP) is 5.95. The van der Waals surface area contributed by atoms with E-state index in [4.69, 9.17) is 10.5 Å². The minimum absolute atomic E-state index is 0.0228. The number of likely N-dealkylation sites (tertiary alicyclic amines) is 1. The molecule has 4 aromatic rings. The third-order valence-corrected chi connectivity index (χ3v) is 10.1. The predicted molar refractivity (Wildman–Crippen MR) is 158 cm³/mol. The van der Waals surface area contributed by atoms with Crippen molar-refractivity contribution in [1.82, 2.24) is 19.9 Å². The summed E-state index contributed by atoms with van der Waals surface area (Å²) in [4.78, 5) is 16.4. The van der Waals surface area contributed by atoms with Gasteiger partial charge in [-0.2, -0.15) is 23.1 Å². The van der Waals surface area contributed by atoms with Gasteiger partial charge in [-0.3, -0.25) is 4.90 Å². The number of nitrogens with two attached hydrogens (primary N) is 1. The van der Waals surface area contributed by atoms with E-state index in [1.54, 1.807) is 11.9 Å². The molecular formula is C30H30F6N6O2S. The van der Waals surface area contributed by atoms with Gasteiger partial charge in [0.1, 0.15) is 23.3 Å². The van der Waals surface area contributed by atoms with E-state index in [1.807, 2.05) is 4.90 Å². The summed E-state index contributed by atoms with van der Waals surface area (Å²) in [6, 6.07) is 2.33. The van der Waals surface area contributed by atoms with Crippen molar-refractivity contribution in [2.24, 2.45) is 5.41 Å². The first-order valence-corrected chi connectivity index (χ1v) is 15.5. The van der Waals surface area contributed by atoms with Crippen LogP contribution in [0, 0.1) is 17.0 Å². The molecule has 2 aliphatic carbocycles. The van der Waals surface area contributed by atoms with Crippen LogP contribution in [-0.2, 0) is 6.18 Å². The highest BCUT2D eigenvalue weighted by Gasteiger charge is 2.46. The molecule has 8 nitrogen and oxygen atoms in total. The molecule has 0 amide bonds. The number of nitrogens with zero attached hydrogens (tertiary/aromatic N) is 5. The van der Waals surface area contributed by atoms with Crippen molar-refractivity contribution < 1.29 is 36.2 Å². The zero-order valence-corrected chi connectivity index (χ0v) is 25.0. The van der Waals surface area contributed by atoms with Crippen molar-refractivity contribution in [3.63, 3.8) is 0 Å². The van der Waals surface area contributed by atoms with E-state index in [1.165, 1.54) is 0 Å². The second-order valence-corrected chi connectivity index (χ2v) is 13.5. The van der Waals surface area contributed by atoms with E-state index in [2.05, 4.69) is 15.0 Å². The second kappa shape index (κ2) is 10.8. The number of rotatable bonds is 8. The third kappa shape index (κ3) is 5.52. The molecule has 0 bridgehead atoms. The van der Waals surface area contributed by atoms with Gasteiger partial charge in [-0.1, -0.05) is 11.3 Å². The van der Waals surface area contributed by atoms with Crippen LogP contribution < -0.4 is 15.4 Å². The summed E-state index contributed by atoms with van der Waals surface area (Å²) in [6.07, 6.45) is -3.57. The number of aromatic nitrogens is 3. The first kappa shape index (κ1) is 30.2. The monoisotopic (exact) mass is 652 g/mol. The molecule has 240 valence electrons. The Balaban J connectivity index is 1.36. The Morgan fingerprint density at radius 2 is 1.91 bits per heavy atom. The SMILES string of the molecule is CN(c1nc(OCC2(CN3CC[C@@H](F)C3)CC2)nc2c(F)c(-c3ccc(F)c4sc(N)nc34)c(C(F)(F)F)cc12)C1CC(O)C1. The molecule has 2 aromatic carbocycles. The standard InChI is InChI=1S/C30H30F6N6O2S/c1-41(15-8-16(43)9-15)26-18-10-19(30(34,35)36)21(17-2-3-20(32)25-24(17)38-27(37)45-25)22(33)23(18)39-28(40-26)44-13-29(5-6-29)12-42-7-4-14(31)11-42/h2-3,10,14-16,43H,4-9,11-13H2,1H3,(H2,37,38)/t14-,15?,16?/m1/s1. The summed E-state index contributed by atoms with van der Waals surface area (Å²) in [5.74, 6) is -2.01. The number of thiazole rings is 1. The molecule has 15 heteroatoms. The summed E-state index contributed by atoms with van der Waals surface area (Å²) < 4.78 is 94.9. The summed E-state index contributed by atoms with van der Waals surface area (Å²) in [5, 5.41) is 9.63. The zero-order valence-electron chi connectivity index (χ0n) is 24.2. The number of alkyl halides is 4. The van der Waals surface area contributed by atoms with Crippen molar-refractivity contribution in [3.8, 4) is 17.1 Å². The Labute approximate surface area is 257 Å². The molecule has 3 fully saturated rings. The number of fused-ring (bicyclic) bond motifs is 2. The molecule has 1 aliphatic heterocycles. The molecule has 3 N–H and O–H groups in total. The van der Waals surface area contributed by atoms with Crippen LogP contribution in [0.3, 0.4) is 0 Å². The Bertz CT molecular complexity index is 1790. The Morgan fingerprint density at radius 1 is 1.16 bits per heavy atom. The summed E-state index contributed by atoms with van der Waals surface area (Å²) in [5.41, 5.74) is 2.49. The van der Waals surface area contributed by atoms with Crippen molar-refractivity contribution >= 4 is 43.4 Å². The van der Waals surface area contributed by atoms with Crippen LogP contribution in [0.15, 0.2) is 18.2 Å². The van der Waals surface area contributed by atoms with Gasteiger partial charge in [0.15, 0.2) is 10.9 Å². The minimum Gasteiger partial charge on any atom is -0.463 e. The average molecular weight is 653 g/mol. The van der Waals surface area contributed by atoms with E-state index in [9.17, 15) is 27.1 Å². The first-order chi connectivity index (χ1) is 21.3. The lowest BCUT2D eigenvalue weighted by Crippen LogP contribution is -2.45. The Kier molecular flexibility index (Phi) is 7.28. The molecule has 0 radical (unpaired) electrons. The van der Waals surface area contributed by atoms with E-state index < -0.39 is 46.7 Å². The highest BCUT2D eigenvalue weighted by molar-refractivity contribution is 7.22. The number of halogens is 6. The van der Waals surface area contributed by atoms with Crippen molar-refractivity contribution in [2.75, 3.05) is 43.9 Å². The molecule has 3 aliphatic rings. The fourth-order valence-corrected chi connectivity index (χ4v) is 7.16. The number of ether oxygens (including phenoxy) is 1. The van der Waals surface area contributed by atoms with Gasteiger partial charge in [-0.25, -0.2) is 18.2 Å². The van der Waals surface area contributed by atoms with Crippen molar-refractivity contribution in [2.45, 2.75) is 56.6 Å². The molecule has 1 saturated heterocycles. The second-order valence-electron chi connectivity index (χ2n) is 12.5. The van der Waals surface area contributed by atoms with Crippen LogP contribution in [-0.4, -0.2) is 76.6 Å². The number of aliphatic hydroxyl groups is 1. The number of benzene rings is 2. The van der Waals surface area contributed by atoms with Crippen LogP contribution in [0.4, 0.5) is 37.3 Å². The van der Waals surface area contributed by atoms with Crippen LogP contribution in [0.1, 0.15) is 37.7 Å². The number of anilines is 2. The summed E-state index contributed by atoms with van der Waals surface area (Å²) in [6.45, 7) is 1.79. The average Bonchev–Trinajstić information content (AvgIpc) is 3.41. The fraction of sp³-hybridized carbons (Fsp3) is 0.500. The lowest BCUT2D eigenvalue weighted by molar-refractivity contribution is -0.137. The van der Waals surface area contributed by atoms with Crippen LogP contribution >= 0.6 is 11.3 Å². The quantitative estimate of drug-likeness (QED) is 0.226. The highest BCUT2D eigenvalue weighted by Crippen LogP contribution is 2.48. The molecule has 2 aromatic heterocycles. The van der Waals surface area contributed by atoms with Gasteiger partial charge in [0, 0.05) is 54.7 Å². The molecule has 2 saturated carbocycles. The molecule has 1 atom stereocenters. The zero-order chi connectivity index (χ0) is 31.8. The third-order valence-electron chi connectivity index (χ3n) is 9.19. The molecule has 0 unspecified atom stereocenters. The fourth-order valence-electron chi connectivity index (χ4n) is 6.40. The van der Waals surface area contributed by atoms with E-state index in [0.29, 0.717) is 38.9 Å². The van der Waals surface area contributed by atoms with Crippen LogP contribution in [0.5, 0.6) is 6.01 Å². The van der Waals surface area contributed by atoms with Gasteiger partial charge in [0.25, 0.3) is 0 Å². The van der Waals surface area contributed by atoms with Gasteiger partial charge in [0.05, 0.1) is 28.5 Å². The topological polar surface area (TPSA) is 101 Å². The van der Waals surface area contributed by atoms with Crippen LogP contribution in [0.2, 0.25) is 0 Å². The van der Waals surface area contributed by atoms with Crippen LogP contribution in [0.25, 0.3) is 32.2 Å². The minimum atomic E-state index is -5.02. The van der Waals surface area contributed by atoms with E-state index in [-0.39, 0.29) is 56.2 Å². The van der Waals surface area contributed by atoms with Gasteiger partial charge in [-0.15, -0.1) is 0 Å². The summed E-state index contributed by atoms with van der Waals surface area (Å²) >= 11 is 0.748. The Hall–Kier alpha value is -3.43. The smallest absolute Gasteiger partial charge is 0.417 e. The van der Waals surface area contributed by atoms with Crippen molar-refractivity contribution in [3.05, 3.63) is 35.4 Å². The van der Waals surface area contributed by atoms with E-state index in [0.717, 1.165) is 42.4 Å². The summed E-state index contributed by atoms with van der Waals surface area (Å²) in [7, 11) is 1.62. The van der Waals surface area contributed by atoms with Gasteiger partial charge in [0.2, 0.25) is 0 Å². The Morgan fingerprint density at radius 3 is 2.56 bits per heavy atom. The molecule has 3 heterocycles. The lowest BCUT2D eigenvalue weighted by Gasteiger charge is -2.39. The van der Waals surface area contributed by atoms with Gasteiger partial charge in [-0.05, 0) is 50.3 Å². The molecule has 0 spiro atoms. The van der Waals surface area contributed by atoms with Gasteiger partial charge >= 0.3 is 12.2 Å². The largest absolute Gasteiger partial charge is 0.463 e. The normalized spacial score (nSPS) is 23.1. The number of aliphatic hydroxyl groups excluding tert-OH is 1. The molecule has 7 rings (SSSR count). The van der Waals surface area contributed by atoms with Gasteiger partial charge < -0.3 is 20.5 Å². The number of nitrogen functional groups attached to an aromatic ring is 1. The maximum atomic E-state index is 16.7. The first-order valence-electron chi connectivity index (χ1n) is 14.7. The maximum absolute atomic E-state index is 16.7. The number of hydrogen-bond acceptors (Lipinski definition) is 9. The molecule has 45 heavy (non-hydrogen) atoms. The lowest BCUT2D eigenvalue weighted by atomic mass is 9.88. The maximum Gasteiger partial charge on any atom is 0.417 e. The molecular weight excluding hydrogens is 622 g/mol. The number of hydrogen-bond donors (Lipinski definition) is 2. The van der Waals surface area contributed by atoms with E-state index >= 15 is 4.39 Å². The highest BCUT2D eigenvalue weighted by atomic mass is 32.1. The van der Waals surface area contributed by atoms with Crippen molar-refractivity contribution in [1.29, 1.82) is 0 Å².